The third kappa shape index (κ3) is 2.05. The van der Waals surface area contributed by atoms with Crippen molar-refractivity contribution in [3.8, 4) is 11.4 Å². The van der Waals surface area contributed by atoms with Gasteiger partial charge in [-0.2, -0.15) is 0 Å². The molecule has 0 bridgehead atoms. The SMILES string of the molecule is COc1cc(C(=O)O)ccc1-n1cc(C=O)nn1. The third-order valence-corrected chi connectivity index (χ3v) is 2.31. The zero-order valence-electron chi connectivity index (χ0n) is 9.40. The Bertz CT molecular complexity index is 606. The normalized spacial score (nSPS) is 10.1. The smallest absolute Gasteiger partial charge is 0.335 e. The Balaban J connectivity index is 2.50. The highest BCUT2D eigenvalue weighted by molar-refractivity contribution is 5.88. The molecule has 92 valence electrons. The van der Waals surface area contributed by atoms with Crippen molar-refractivity contribution in [2.75, 3.05) is 7.11 Å². The number of carboxylic acid groups (broad SMARTS) is 1. The molecule has 0 saturated carbocycles. The van der Waals surface area contributed by atoms with Gasteiger partial charge in [-0.15, -0.1) is 5.10 Å². The highest BCUT2D eigenvalue weighted by Gasteiger charge is 2.11. The van der Waals surface area contributed by atoms with Crippen molar-refractivity contribution in [1.29, 1.82) is 0 Å². The van der Waals surface area contributed by atoms with E-state index in [1.165, 1.54) is 36.2 Å². The summed E-state index contributed by atoms with van der Waals surface area (Å²) >= 11 is 0. The second kappa shape index (κ2) is 4.66. The number of aldehydes is 1. The summed E-state index contributed by atoms with van der Waals surface area (Å²) in [5.74, 6) is -0.718. The van der Waals surface area contributed by atoms with Gasteiger partial charge in [0.05, 0.1) is 18.9 Å². The number of aromatic carboxylic acids is 1. The van der Waals surface area contributed by atoms with Crippen molar-refractivity contribution in [3.63, 3.8) is 0 Å². The average molecular weight is 247 g/mol. The summed E-state index contributed by atoms with van der Waals surface area (Å²) in [6.07, 6.45) is 1.99. The minimum Gasteiger partial charge on any atom is -0.494 e. The standard InChI is InChI=1S/C11H9N3O4/c1-18-10-4-7(11(16)17)2-3-9(10)14-5-8(6-15)12-13-14/h2-6H,1H3,(H,16,17). The molecule has 1 N–H and O–H groups in total. The molecule has 2 aromatic rings. The summed E-state index contributed by atoms with van der Waals surface area (Å²) in [6, 6.07) is 4.33. The van der Waals surface area contributed by atoms with Gasteiger partial charge in [0.2, 0.25) is 0 Å². The van der Waals surface area contributed by atoms with Gasteiger partial charge in [-0.1, -0.05) is 5.21 Å². The van der Waals surface area contributed by atoms with Gasteiger partial charge in [0, 0.05) is 0 Å². The number of ether oxygens (including phenoxy) is 1. The molecule has 0 fully saturated rings. The van der Waals surface area contributed by atoms with Crippen LogP contribution in [0.15, 0.2) is 24.4 Å². The van der Waals surface area contributed by atoms with Gasteiger partial charge in [0.1, 0.15) is 17.1 Å². The topological polar surface area (TPSA) is 94.3 Å². The van der Waals surface area contributed by atoms with E-state index >= 15 is 0 Å². The fourth-order valence-corrected chi connectivity index (χ4v) is 1.45. The summed E-state index contributed by atoms with van der Waals surface area (Å²) < 4.78 is 6.43. The lowest BCUT2D eigenvalue weighted by atomic mass is 10.2. The van der Waals surface area contributed by atoms with E-state index in [9.17, 15) is 9.59 Å². The van der Waals surface area contributed by atoms with Crippen LogP contribution in [0.3, 0.4) is 0 Å². The van der Waals surface area contributed by atoms with Gasteiger partial charge in [0.15, 0.2) is 6.29 Å². The van der Waals surface area contributed by atoms with Crippen LogP contribution in [0.25, 0.3) is 5.69 Å². The van der Waals surface area contributed by atoms with Crippen LogP contribution in [-0.4, -0.2) is 39.5 Å². The third-order valence-electron chi connectivity index (χ3n) is 2.31. The molecule has 7 heteroatoms. The average Bonchev–Trinajstić information content (AvgIpc) is 2.86. The number of carbonyl (C=O) groups excluding carboxylic acids is 1. The van der Waals surface area contributed by atoms with Crippen LogP contribution >= 0.6 is 0 Å². The maximum Gasteiger partial charge on any atom is 0.335 e. The van der Waals surface area contributed by atoms with Crippen LogP contribution in [-0.2, 0) is 0 Å². The number of hydrogen-bond acceptors (Lipinski definition) is 5. The van der Waals surface area contributed by atoms with Gasteiger partial charge in [-0.25, -0.2) is 9.48 Å². The second-order valence-corrected chi connectivity index (χ2v) is 3.40. The molecule has 1 aromatic carbocycles. The van der Waals surface area contributed by atoms with Crippen molar-refractivity contribution >= 4 is 12.3 Å². The first-order chi connectivity index (χ1) is 8.65. The van der Waals surface area contributed by atoms with Crippen LogP contribution < -0.4 is 4.74 Å². The number of rotatable bonds is 4. The molecular formula is C11H9N3O4. The maximum atomic E-state index is 10.8. The Morgan fingerprint density at radius 1 is 1.50 bits per heavy atom. The molecule has 0 atom stereocenters. The quantitative estimate of drug-likeness (QED) is 0.802. The number of methoxy groups -OCH3 is 1. The number of benzene rings is 1. The highest BCUT2D eigenvalue weighted by atomic mass is 16.5. The van der Waals surface area contributed by atoms with Crippen molar-refractivity contribution in [1.82, 2.24) is 15.0 Å². The molecule has 2 rings (SSSR count). The highest BCUT2D eigenvalue weighted by Crippen LogP contribution is 2.23. The molecule has 0 spiro atoms. The van der Waals surface area contributed by atoms with Crippen LogP contribution in [0.4, 0.5) is 0 Å². The predicted molar refractivity (Wildman–Crippen MR) is 60.3 cm³/mol. The molecule has 18 heavy (non-hydrogen) atoms. The predicted octanol–water partition coefficient (Wildman–Crippen LogP) is 0.787. The molecule has 1 aromatic heterocycles. The van der Waals surface area contributed by atoms with Crippen LogP contribution in [0.5, 0.6) is 5.75 Å². The van der Waals surface area contributed by atoms with Gasteiger partial charge in [-0.05, 0) is 18.2 Å². The molecule has 0 aliphatic rings. The van der Waals surface area contributed by atoms with E-state index in [0.29, 0.717) is 17.7 Å². The van der Waals surface area contributed by atoms with Gasteiger partial charge >= 0.3 is 5.97 Å². The van der Waals surface area contributed by atoms with Crippen molar-refractivity contribution < 1.29 is 19.4 Å². The van der Waals surface area contributed by atoms with Crippen molar-refractivity contribution in [3.05, 3.63) is 35.7 Å². The molecule has 0 radical (unpaired) electrons. The van der Waals surface area contributed by atoms with Crippen LogP contribution in [0, 0.1) is 0 Å². The number of carboxylic acids is 1. The Morgan fingerprint density at radius 2 is 2.28 bits per heavy atom. The molecule has 7 nitrogen and oxygen atoms in total. The number of nitrogens with zero attached hydrogens (tertiary/aromatic N) is 3. The van der Waals surface area contributed by atoms with E-state index in [1.54, 1.807) is 0 Å². The summed E-state index contributed by atoms with van der Waals surface area (Å²) in [5.41, 5.74) is 0.786. The summed E-state index contributed by atoms with van der Waals surface area (Å²) in [4.78, 5) is 21.4. The van der Waals surface area contributed by atoms with Crippen LogP contribution in [0.2, 0.25) is 0 Å². The van der Waals surface area contributed by atoms with E-state index in [2.05, 4.69) is 10.3 Å². The molecule has 1 heterocycles. The Labute approximate surface area is 102 Å². The first-order valence-electron chi connectivity index (χ1n) is 4.95. The molecule has 0 aliphatic carbocycles. The number of carbonyl (C=O) groups is 2. The molecule has 0 amide bonds. The molecule has 0 aliphatic heterocycles. The monoisotopic (exact) mass is 247 g/mol. The minimum atomic E-state index is -1.05. The zero-order chi connectivity index (χ0) is 13.1. The van der Waals surface area contributed by atoms with Crippen molar-refractivity contribution in [2.24, 2.45) is 0 Å². The van der Waals surface area contributed by atoms with E-state index in [0.717, 1.165) is 0 Å². The first-order valence-corrected chi connectivity index (χ1v) is 4.95. The molecule has 0 unspecified atom stereocenters. The Hall–Kier alpha value is -2.70. The van der Waals surface area contributed by atoms with E-state index in [1.807, 2.05) is 0 Å². The molecular weight excluding hydrogens is 238 g/mol. The van der Waals surface area contributed by atoms with Gasteiger partial charge in [0.25, 0.3) is 0 Å². The first kappa shape index (κ1) is 11.8. The fourth-order valence-electron chi connectivity index (χ4n) is 1.45. The largest absolute Gasteiger partial charge is 0.494 e. The molecule has 0 saturated heterocycles. The summed E-state index contributed by atoms with van der Waals surface area (Å²) in [7, 11) is 1.42. The number of hydrogen-bond donors (Lipinski definition) is 1. The summed E-state index contributed by atoms with van der Waals surface area (Å²) in [5, 5.41) is 16.2. The minimum absolute atomic E-state index is 0.103. The Morgan fingerprint density at radius 3 is 2.83 bits per heavy atom. The van der Waals surface area contributed by atoms with Gasteiger partial charge < -0.3 is 9.84 Å². The Kier molecular flexibility index (Phi) is 3.05. The second-order valence-electron chi connectivity index (χ2n) is 3.40. The zero-order valence-corrected chi connectivity index (χ0v) is 9.40. The number of aromatic nitrogens is 3. The van der Waals surface area contributed by atoms with E-state index < -0.39 is 5.97 Å². The fraction of sp³-hybridized carbons (Fsp3) is 0.0909. The lowest BCUT2D eigenvalue weighted by Gasteiger charge is -2.08. The van der Waals surface area contributed by atoms with Crippen molar-refractivity contribution in [2.45, 2.75) is 0 Å². The van der Waals surface area contributed by atoms with Crippen LogP contribution in [0.1, 0.15) is 20.8 Å². The maximum absolute atomic E-state index is 10.8. The summed E-state index contributed by atoms with van der Waals surface area (Å²) in [6.45, 7) is 0. The lowest BCUT2D eigenvalue weighted by molar-refractivity contribution is 0.0696. The van der Waals surface area contributed by atoms with Gasteiger partial charge in [-0.3, -0.25) is 4.79 Å². The van der Waals surface area contributed by atoms with E-state index in [-0.39, 0.29) is 11.3 Å². The van der Waals surface area contributed by atoms with E-state index in [4.69, 9.17) is 9.84 Å². The lowest BCUT2D eigenvalue weighted by Crippen LogP contribution is -2.02.